The first-order valence-corrected chi connectivity index (χ1v) is 18.1. The fourth-order valence-corrected chi connectivity index (χ4v) is 10.4. The molecule has 0 bridgehead atoms. The predicted octanol–water partition coefficient (Wildman–Crippen LogP) is 2.56. The van der Waals surface area contributed by atoms with E-state index in [9.17, 15) is 0 Å². The molecule has 0 radical (unpaired) electrons. The van der Waals surface area contributed by atoms with Gasteiger partial charge < -0.3 is 19.3 Å². The molecule has 0 saturated carbocycles. The monoisotopic (exact) mass is 654 g/mol. The smallest absolute Gasteiger partial charge is 0.857 e. The third kappa shape index (κ3) is 9.78. The van der Waals surface area contributed by atoms with Crippen LogP contribution in [0.25, 0.3) is 0 Å². The van der Waals surface area contributed by atoms with Gasteiger partial charge in [0.25, 0.3) is 0 Å². The quantitative estimate of drug-likeness (QED) is 0.377. The van der Waals surface area contributed by atoms with Gasteiger partial charge >= 0.3 is 25.8 Å². The minimum atomic E-state index is -1.29. The van der Waals surface area contributed by atoms with Crippen LogP contribution in [-0.2, 0) is 25.8 Å². The Balaban J connectivity index is 0.000000526. The van der Waals surface area contributed by atoms with Gasteiger partial charge in [-0.05, 0) is 51.9 Å². The molecule has 0 aromatic heterocycles. The molecule has 0 aliphatic carbocycles. The standard InChI is InChI=1S/2C12H20NSi.2CH3O.Hf/c2*1-14(2,12-8-4-5-9-12)13-10-6-3-7-11-13;2*1-2;/h2*4-5,8-9H,3,6-7,10-11H2,1-2H3;2*1H3;/q4*-1;+4. The Kier molecular flexibility index (Phi) is 17.2. The summed E-state index contributed by atoms with van der Waals surface area (Å²) in [6, 6.07) is 17.9. The number of nitrogens with zero attached hydrogens (tertiary/aromatic N) is 2. The van der Waals surface area contributed by atoms with E-state index >= 15 is 0 Å². The Morgan fingerprint density at radius 2 is 0.758 bits per heavy atom. The zero-order chi connectivity index (χ0) is 24.0. The maximum absolute atomic E-state index is 8.25. The van der Waals surface area contributed by atoms with E-state index in [1.165, 1.54) is 64.7 Å². The summed E-state index contributed by atoms with van der Waals surface area (Å²) in [5.74, 6) is 0. The molecule has 4 nitrogen and oxygen atoms in total. The van der Waals surface area contributed by atoms with Gasteiger partial charge in [0.15, 0.2) is 0 Å². The first kappa shape index (κ1) is 32.8. The molecule has 0 spiro atoms. The van der Waals surface area contributed by atoms with Crippen LogP contribution in [0.15, 0.2) is 48.5 Å². The maximum atomic E-state index is 8.25. The van der Waals surface area contributed by atoms with Gasteiger partial charge in [0.2, 0.25) is 0 Å². The average molecular weight is 653 g/mol. The van der Waals surface area contributed by atoms with Crippen molar-refractivity contribution in [1.82, 2.24) is 9.13 Å². The Labute approximate surface area is 224 Å². The number of hydrogen-bond acceptors (Lipinski definition) is 4. The molecular weight excluding hydrogens is 607 g/mol. The molecule has 2 heterocycles. The van der Waals surface area contributed by atoms with E-state index in [-0.39, 0.29) is 25.8 Å². The number of hydrogen-bond donors (Lipinski definition) is 0. The summed E-state index contributed by atoms with van der Waals surface area (Å²) < 4.78 is 5.51. The summed E-state index contributed by atoms with van der Waals surface area (Å²) in [7, 11) is -1.09. The van der Waals surface area contributed by atoms with Crippen LogP contribution in [0.2, 0.25) is 26.2 Å². The van der Waals surface area contributed by atoms with Gasteiger partial charge in [-0.15, -0.1) is 10.4 Å². The molecule has 2 aromatic carbocycles. The Morgan fingerprint density at radius 3 is 1.00 bits per heavy atom. The zero-order valence-corrected chi connectivity index (χ0v) is 27.5. The first-order chi connectivity index (χ1) is 15.4. The largest absolute Gasteiger partial charge is 4.00 e. The van der Waals surface area contributed by atoms with Gasteiger partial charge in [-0.25, -0.2) is 24.3 Å². The second-order valence-electron chi connectivity index (χ2n) is 9.56. The molecule has 4 rings (SSSR count). The third-order valence-electron chi connectivity index (χ3n) is 7.03. The van der Waals surface area contributed by atoms with E-state index < -0.39 is 16.5 Å². The van der Waals surface area contributed by atoms with Crippen LogP contribution in [0, 0.1) is 0 Å². The van der Waals surface area contributed by atoms with Gasteiger partial charge in [0.05, 0.1) is 16.5 Å². The molecule has 2 aliphatic rings. The van der Waals surface area contributed by atoms with E-state index in [0.717, 1.165) is 14.2 Å². The summed E-state index contributed by atoms with van der Waals surface area (Å²) in [5, 5.41) is 19.7. The van der Waals surface area contributed by atoms with Crippen molar-refractivity contribution < 1.29 is 36.1 Å². The normalized spacial score (nSPS) is 17.2. The molecule has 2 fully saturated rings. The molecule has 7 heteroatoms. The molecular formula is C26H46HfN2O2Si2. The van der Waals surface area contributed by atoms with Crippen LogP contribution in [0.1, 0.15) is 38.5 Å². The molecule has 2 aliphatic heterocycles. The summed E-state index contributed by atoms with van der Waals surface area (Å²) in [6.45, 7) is 15.2. The molecule has 2 saturated heterocycles. The topological polar surface area (TPSA) is 52.6 Å². The van der Waals surface area contributed by atoms with Crippen molar-refractivity contribution in [2.75, 3.05) is 40.4 Å². The van der Waals surface area contributed by atoms with Gasteiger partial charge in [-0.1, -0.05) is 39.0 Å². The number of rotatable bonds is 4. The van der Waals surface area contributed by atoms with E-state index in [1.807, 2.05) is 0 Å². The van der Waals surface area contributed by atoms with Crippen LogP contribution >= 0.6 is 0 Å². The average Bonchev–Trinajstić information content (AvgIpc) is 3.59. The van der Waals surface area contributed by atoms with Gasteiger partial charge in [-0.3, -0.25) is 0 Å². The first-order valence-electron chi connectivity index (χ1n) is 12.2. The molecule has 0 atom stereocenters. The Hall–Kier alpha value is -0.156. The third-order valence-corrected chi connectivity index (χ3v) is 14.6. The van der Waals surface area contributed by atoms with Crippen LogP contribution in [0.5, 0.6) is 0 Å². The molecule has 184 valence electrons. The molecule has 2 aromatic rings. The van der Waals surface area contributed by atoms with Crippen LogP contribution in [-0.4, -0.2) is 66.0 Å². The van der Waals surface area contributed by atoms with Gasteiger partial charge in [0.1, 0.15) is 0 Å². The molecule has 33 heavy (non-hydrogen) atoms. The second-order valence-corrected chi connectivity index (χ2v) is 18.2. The minimum Gasteiger partial charge on any atom is -0.857 e. The molecule has 0 amide bonds. The van der Waals surface area contributed by atoms with E-state index in [1.54, 1.807) is 10.4 Å². The van der Waals surface area contributed by atoms with Crippen molar-refractivity contribution >= 4 is 26.8 Å². The van der Waals surface area contributed by atoms with E-state index in [2.05, 4.69) is 83.8 Å². The SMILES string of the molecule is C[O-].C[O-].C[Si](C)([c-]1cccc1)N1CCCCC1.C[Si](C)([c-]1cccc1)N1CCCCC1.[Hf+4]. The molecule has 0 N–H and O–H groups in total. The van der Waals surface area contributed by atoms with Crippen molar-refractivity contribution in [3.63, 3.8) is 0 Å². The summed E-state index contributed by atoms with van der Waals surface area (Å²) in [6.07, 6.45) is 8.46. The van der Waals surface area contributed by atoms with Crippen LogP contribution in [0.3, 0.4) is 0 Å². The van der Waals surface area contributed by atoms with Crippen LogP contribution in [0.4, 0.5) is 0 Å². The van der Waals surface area contributed by atoms with Crippen molar-refractivity contribution in [2.24, 2.45) is 0 Å². The maximum Gasteiger partial charge on any atom is 4.00 e. The summed E-state index contributed by atoms with van der Waals surface area (Å²) in [4.78, 5) is 0. The van der Waals surface area contributed by atoms with E-state index in [0.29, 0.717) is 0 Å². The summed E-state index contributed by atoms with van der Waals surface area (Å²) >= 11 is 0. The predicted molar refractivity (Wildman–Crippen MR) is 141 cm³/mol. The molecule has 0 unspecified atom stereocenters. The van der Waals surface area contributed by atoms with Crippen molar-refractivity contribution in [3.8, 4) is 0 Å². The van der Waals surface area contributed by atoms with E-state index in [4.69, 9.17) is 10.2 Å². The van der Waals surface area contributed by atoms with Crippen molar-refractivity contribution in [2.45, 2.75) is 64.7 Å². The fraction of sp³-hybridized carbons (Fsp3) is 0.615. The fourth-order valence-electron chi connectivity index (χ4n) is 4.83. The second kappa shape index (κ2) is 17.3. The zero-order valence-electron chi connectivity index (χ0n) is 21.9. The number of piperidine rings is 2. The van der Waals surface area contributed by atoms with Crippen molar-refractivity contribution in [3.05, 3.63) is 48.5 Å². The van der Waals surface area contributed by atoms with Crippen LogP contribution < -0.4 is 20.6 Å². The van der Waals surface area contributed by atoms with Gasteiger partial charge in [-0.2, -0.15) is 38.5 Å². The van der Waals surface area contributed by atoms with Crippen molar-refractivity contribution in [1.29, 1.82) is 0 Å². The Bertz CT molecular complexity index is 619. The summed E-state index contributed by atoms with van der Waals surface area (Å²) in [5.41, 5.74) is 0. The Morgan fingerprint density at radius 1 is 0.515 bits per heavy atom. The minimum absolute atomic E-state index is 0. The van der Waals surface area contributed by atoms with Gasteiger partial charge in [0, 0.05) is 0 Å².